The minimum absolute atomic E-state index is 0.114. The Bertz CT molecular complexity index is 605. The van der Waals surface area contributed by atoms with Crippen LogP contribution in [0.3, 0.4) is 0 Å². The van der Waals surface area contributed by atoms with E-state index >= 15 is 0 Å². The minimum Gasteiger partial charge on any atom is -0.341 e. The van der Waals surface area contributed by atoms with Crippen molar-refractivity contribution in [3.63, 3.8) is 0 Å². The summed E-state index contributed by atoms with van der Waals surface area (Å²) < 4.78 is 1.84. The molecular formula is C17H25N5O2. The van der Waals surface area contributed by atoms with Gasteiger partial charge >= 0.3 is 0 Å². The SMILES string of the molecule is O=C([C@H]1CNCCN1C(=O)C1(Cn2cccn2)CC1)N1CCCC1. The molecule has 2 saturated heterocycles. The normalized spacial score (nSPS) is 25.8. The van der Waals surface area contributed by atoms with Gasteiger partial charge in [-0.1, -0.05) is 0 Å². The van der Waals surface area contributed by atoms with Gasteiger partial charge in [-0.2, -0.15) is 5.10 Å². The summed E-state index contributed by atoms with van der Waals surface area (Å²) in [5.74, 6) is 0.250. The molecule has 0 bridgehead atoms. The highest BCUT2D eigenvalue weighted by molar-refractivity contribution is 5.92. The van der Waals surface area contributed by atoms with Crippen LogP contribution in [0.15, 0.2) is 18.5 Å². The molecule has 130 valence electrons. The van der Waals surface area contributed by atoms with Gasteiger partial charge in [0.1, 0.15) is 6.04 Å². The van der Waals surface area contributed by atoms with Crippen LogP contribution in [0.4, 0.5) is 0 Å². The van der Waals surface area contributed by atoms with Gasteiger partial charge in [0.25, 0.3) is 0 Å². The van der Waals surface area contributed by atoms with Crippen molar-refractivity contribution in [3.8, 4) is 0 Å². The number of likely N-dealkylation sites (tertiary alicyclic amines) is 1. The van der Waals surface area contributed by atoms with Gasteiger partial charge < -0.3 is 15.1 Å². The first kappa shape index (κ1) is 15.6. The summed E-state index contributed by atoms with van der Waals surface area (Å²) in [6.07, 6.45) is 7.57. The second-order valence-corrected chi connectivity index (χ2v) is 7.23. The van der Waals surface area contributed by atoms with Gasteiger partial charge in [-0.3, -0.25) is 14.3 Å². The Morgan fingerprint density at radius 2 is 2.00 bits per heavy atom. The Kier molecular flexibility index (Phi) is 4.04. The smallest absolute Gasteiger partial charge is 0.246 e. The zero-order valence-corrected chi connectivity index (χ0v) is 14.0. The van der Waals surface area contributed by atoms with Crippen LogP contribution in [0.25, 0.3) is 0 Å². The van der Waals surface area contributed by atoms with Crippen LogP contribution in [0.2, 0.25) is 0 Å². The lowest BCUT2D eigenvalue weighted by Crippen LogP contribution is -2.61. The number of piperazine rings is 1. The van der Waals surface area contributed by atoms with E-state index in [4.69, 9.17) is 0 Å². The Balaban J connectivity index is 1.49. The summed E-state index contributed by atoms with van der Waals surface area (Å²) in [6, 6.07) is 1.53. The molecule has 3 aliphatic rings. The highest BCUT2D eigenvalue weighted by Crippen LogP contribution is 2.49. The largest absolute Gasteiger partial charge is 0.341 e. The van der Waals surface area contributed by atoms with E-state index in [0.29, 0.717) is 19.6 Å². The molecule has 1 aromatic rings. The van der Waals surface area contributed by atoms with E-state index in [-0.39, 0.29) is 23.3 Å². The zero-order valence-electron chi connectivity index (χ0n) is 14.0. The maximum Gasteiger partial charge on any atom is 0.246 e. The van der Waals surface area contributed by atoms with Crippen LogP contribution in [0.5, 0.6) is 0 Å². The van der Waals surface area contributed by atoms with Crippen LogP contribution >= 0.6 is 0 Å². The molecule has 2 aliphatic heterocycles. The third-order valence-electron chi connectivity index (χ3n) is 5.54. The van der Waals surface area contributed by atoms with Crippen LogP contribution < -0.4 is 5.32 Å². The zero-order chi connectivity index (χ0) is 16.6. The molecular weight excluding hydrogens is 306 g/mol. The molecule has 0 spiro atoms. The minimum atomic E-state index is -0.354. The van der Waals surface area contributed by atoms with E-state index in [1.54, 1.807) is 6.20 Å². The van der Waals surface area contributed by atoms with E-state index in [0.717, 1.165) is 45.3 Å². The highest BCUT2D eigenvalue weighted by atomic mass is 16.2. The number of rotatable bonds is 4. The van der Waals surface area contributed by atoms with Crippen molar-refractivity contribution in [2.45, 2.75) is 38.3 Å². The van der Waals surface area contributed by atoms with Gasteiger partial charge in [-0.25, -0.2) is 0 Å². The quantitative estimate of drug-likeness (QED) is 0.849. The molecule has 1 N–H and O–H groups in total. The predicted octanol–water partition coefficient (Wildman–Crippen LogP) is 0.0861. The Morgan fingerprint density at radius 3 is 2.67 bits per heavy atom. The first-order valence-electron chi connectivity index (χ1n) is 8.98. The van der Waals surface area contributed by atoms with Gasteiger partial charge in [0.2, 0.25) is 11.8 Å². The van der Waals surface area contributed by atoms with Crippen LogP contribution in [0.1, 0.15) is 25.7 Å². The fourth-order valence-electron chi connectivity index (χ4n) is 3.92. The number of hydrogen-bond donors (Lipinski definition) is 1. The fraction of sp³-hybridized carbons (Fsp3) is 0.706. The molecule has 1 atom stereocenters. The summed E-state index contributed by atoms with van der Waals surface area (Å²) >= 11 is 0. The van der Waals surface area contributed by atoms with Crippen molar-refractivity contribution in [1.29, 1.82) is 0 Å². The van der Waals surface area contributed by atoms with Crippen molar-refractivity contribution >= 4 is 11.8 Å². The Labute approximate surface area is 142 Å². The molecule has 4 rings (SSSR count). The number of carbonyl (C=O) groups is 2. The van der Waals surface area contributed by atoms with Crippen molar-refractivity contribution < 1.29 is 9.59 Å². The predicted molar refractivity (Wildman–Crippen MR) is 88.1 cm³/mol. The molecule has 3 heterocycles. The van der Waals surface area contributed by atoms with E-state index in [1.165, 1.54) is 0 Å². The molecule has 1 saturated carbocycles. The van der Waals surface area contributed by atoms with E-state index in [2.05, 4.69) is 10.4 Å². The highest BCUT2D eigenvalue weighted by Gasteiger charge is 2.54. The number of aromatic nitrogens is 2. The molecule has 3 fully saturated rings. The van der Waals surface area contributed by atoms with Crippen molar-refractivity contribution in [2.24, 2.45) is 5.41 Å². The van der Waals surface area contributed by atoms with E-state index in [1.807, 2.05) is 26.7 Å². The maximum absolute atomic E-state index is 13.2. The van der Waals surface area contributed by atoms with Crippen LogP contribution in [-0.2, 0) is 16.1 Å². The monoisotopic (exact) mass is 331 g/mol. The van der Waals surface area contributed by atoms with Crippen molar-refractivity contribution in [3.05, 3.63) is 18.5 Å². The summed E-state index contributed by atoms with van der Waals surface area (Å²) in [5.41, 5.74) is -0.354. The second-order valence-electron chi connectivity index (χ2n) is 7.23. The van der Waals surface area contributed by atoms with Gasteiger partial charge in [0, 0.05) is 45.1 Å². The average Bonchev–Trinajstić information content (AvgIpc) is 3.03. The van der Waals surface area contributed by atoms with Crippen LogP contribution in [0, 0.1) is 5.41 Å². The summed E-state index contributed by atoms with van der Waals surface area (Å²) in [7, 11) is 0. The fourth-order valence-corrected chi connectivity index (χ4v) is 3.92. The van der Waals surface area contributed by atoms with Gasteiger partial charge in [0.15, 0.2) is 0 Å². The molecule has 0 unspecified atom stereocenters. The first-order chi connectivity index (χ1) is 11.7. The summed E-state index contributed by atoms with van der Waals surface area (Å²) in [4.78, 5) is 29.8. The standard InChI is InChI=1S/C17H25N5O2/c23-15(20-8-1-2-9-20)14-12-18-7-11-22(14)16(24)17(4-5-17)13-21-10-3-6-19-21/h3,6,10,14,18H,1-2,4-5,7-9,11-13H2/t14-/m1/s1. The topological polar surface area (TPSA) is 70.5 Å². The molecule has 0 radical (unpaired) electrons. The number of carbonyl (C=O) groups excluding carboxylic acids is 2. The molecule has 1 aliphatic carbocycles. The summed E-state index contributed by atoms with van der Waals surface area (Å²) in [5, 5.41) is 7.53. The second kappa shape index (κ2) is 6.20. The molecule has 7 heteroatoms. The number of nitrogens with one attached hydrogen (secondary N) is 1. The van der Waals surface area contributed by atoms with Crippen molar-refractivity contribution in [2.75, 3.05) is 32.7 Å². The number of hydrogen-bond acceptors (Lipinski definition) is 4. The van der Waals surface area contributed by atoms with Gasteiger partial charge in [-0.15, -0.1) is 0 Å². The molecule has 2 amide bonds. The Morgan fingerprint density at radius 1 is 1.21 bits per heavy atom. The van der Waals surface area contributed by atoms with E-state index in [9.17, 15) is 9.59 Å². The summed E-state index contributed by atoms with van der Waals surface area (Å²) in [6.45, 7) is 4.22. The lowest BCUT2D eigenvalue weighted by Gasteiger charge is -2.39. The average molecular weight is 331 g/mol. The molecule has 1 aromatic heterocycles. The van der Waals surface area contributed by atoms with E-state index < -0.39 is 0 Å². The lowest BCUT2D eigenvalue weighted by molar-refractivity contribution is -0.150. The Hall–Kier alpha value is -1.89. The third kappa shape index (κ3) is 2.81. The molecule has 0 aromatic carbocycles. The maximum atomic E-state index is 13.2. The van der Waals surface area contributed by atoms with Gasteiger partial charge in [-0.05, 0) is 31.7 Å². The number of nitrogens with zero attached hydrogens (tertiary/aromatic N) is 4. The van der Waals surface area contributed by atoms with Crippen molar-refractivity contribution in [1.82, 2.24) is 24.9 Å². The lowest BCUT2D eigenvalue weighted by atomic mass is 10.0. The first-order valence-corrected chi connectivity index (χ1v) is 8.98. The van der Waals surface area contributed by atoms with Gasteiger partial charge in [0.05, 0.1) is 12.0 Å². The number of amides is 2. The molecule has 24 heavy (non-hydrogen) atoms. The third-order valence-corrected chi connectivity index (χ3v) is 5.54. The molecule has 7 nitrogen and oxygen atoms in total. The van der Waals surface area contributed by atoms with Crippen LogP contribution in [-0.4, -0.2) is 70.2 Å².